The predicted octanol–water partition coefficient (Wildman–Crippen LogP) is 2.17. The van der Waals surface area contributed by atoms with Crippen LogP contribution in [0.4, 0.5) is 0 Å². The molecule has 1 atom stereocenters. The van der Waals surface area contributed by atoms with Crippen LogP contribution < -0.4 is 11.1 Å². The Bertz CT molecular complexity index is 186. The minimum atomic E-state index is -0.167. The van der Waals surface area contributed by atoms with Gasteiger partial charge in [-0.1, -0.05) is 26.2 Å². The van der Waals surface area contributed by atoms with Gasteiger partial charge in [-0.2, -0.15) is 0 Å². The smallest absolute Gasteiger partial charge is 0.219 e. The molecule has 3 N–H and O–H groups in total. The molecule has 0 rings (SSSR count). The number of carbonyl (C=O) groups excluding carboxylic acids is 1. The zero-order valence-electron chi connectivity index (χ0n) is 11.3. The lowest BCUT2D eigenvalue weighted by atomic mass is 10.1. The fraction of sp³-hybridized carbons (Fsp3) is 0.923. The molecule has 0 fully saturated rings. The Kier molecular flexibility index (Phi) is 11.4. The zero-order valence-corrected chi connectivity index (χ0v) is 11.3. The lowest BCUT2D eigenvalue weighted by Gasteiger charge is -2.09. The van der Waals surface area contributed by atoms with Gasteiger partial charge in [-0.15, -0.1) is 0 Å². The molecule has 17 heavy (non-hydrogen) atoms. The highest BCUT2D eigenvalue weighted by atomic mass is 16.5. The first-order valence-corrected chi connectivity index (χ1v) is 6.75. The molecule has 0 aromatic carbocycles. The van der Waals surface area contributed by atoms with Crippen LogP contribution in [-0.2, 0) is 9.53 Å². The van der Waals surface area contributed by atoms with Crippen LogP contribution in [0.3, 0.4) is 0 Å². The van der Waals surface area contributed by atoms with E-state index in [0.29, 0.717) is 6.42 Å². The molecule has 0 heterocycles. The van der Waals surface area contributed by atoms with Crippen molar-refractivity contribution in [3.05, 3.63) is 0 Å². The van der Waals surface area contributed by atoms with Crippen molar-refractivity contribution in [2.75, 3.05) is 13.7 Å². The lowest BCUT2D eigenvalue weighted by Crippen LogP contribution is -2.25. The number of ether oxygens (including phenoxy) is 1. The second-order valence-electron chi connectivity index (χ2n) is 4.43. The second kappa shape index (κ2) is 11.9. The van der Waals surface area contributed by atoms with Gasteiger partial charge in [0.15, 0.2) is 0 Å². The van der Waals surface area contributed by atoms with Crippen molar-refractivity contribution in [1.82, 2.24) is 5.32 Å². The third kappa shape index (κ3) is 11.6. The van der Waals surface area contributed by atoms with E-state index in [9.17, 15) is 4.79 Å². The van der Waals surface area contributed by atoms with Crippen molar-refractivity contribution in [3.8, 4) is 0 Å². The van der Waals surface area contributed by atoms with Crippen LogP contribution in [-0.4, -0.2) is 25.8 Å². The number of methoxy groups -OCH3 is 1. The number of nitrogens with one attached hydrogen (secondary N) is 1. The summed E-state index contributed by atoms with van der Waals surface area (Å²) in [6.45, 7) is 2.92. The van der Waals surface area contributed by atoms with E-state index in [4.69, 9.17) is 10.5 Å². The Morgan fingerprint density at radius 3 is 2.65 bits per heavy atom. The van der Waals surface area contributed by atoms with Gasteiger partial charge in [0.25, 0.3) is 0 Å². The van der Waals surface area contributed by atoms with Gasteiger partial charge in [-0.05, 0) is 25.7 Å². The predicted molar refractivity (Wildman–Crippen MR) is 70.6 cm³/mol. The van der Waals surface area contributed by atoms with Gasteiger partial charge < -0.3 is 15.8 Å². The highest BCUT2D eigenvalue weighted by molar-refractivity contribution is 5.75. The first-order valence-electron chi connectivity index (χ1n) is 6.75. The molecule has 1 amide bonds. The Hall–Kier alpha value is -0.610. The van der Waals surface area contributed by atoms with Gasteiger partial charge >= 0.3 is 0 Å². The molecular formula is C13H28N2O2. The minimum absolute atomic E-state index is 0.167. The van der Waals surface area contributed by atoms with Crippen LogP contribution in [0.2, 0.25) is 0 Å². The van der Waals surface area contributed by atoms with E-state index >= 15 is 0 Å². The third-order valence-corrected chi connectivity index (χ3v) is 2.80. The highest BCUT2D eigenvalue weighted by Crippen LogP contribution is 2.02. The summed E-state index contributed by atoms with van der Waals surface area (Å²) < 4.78 is 4.94. The van der Waals surface area contributed by atoms with E-state index in [0.717, 1.165) is 38.6 Å². The largest absolute Gasteiger partial charge is 0.367 e. The maximum absolute atomic E-state index is 11.4. The van der Waals surface area contributed by atoms with Gasteiger partial charge in [0, 0.05) is 20.1 Å². The van der Waals surface area contributed by atoms with Crippen molar-refractivity contribution < 1.29 is 9.53 Å². The van der Waals surface area contributed by atoms with Gasteiger partial charge in [0.2, 0.25) is 5.91 Å². The van der Waals surface area contributed by atoms with Crippen LogP contribution in [0.25, 0.3) is 0 Å². The molecule has 102 valence electrons. The Balaban J connectivity index is 3.22. The molecule has 0 aliphatic rings. The van der Waals surface area contributed by atoms with Gasteiger partial charge in [0.05, 0.1) is 0 Å². The Labute approximate surface area is 105 Å². The summed E-state index contributed by atoms with van der Waals surface area (Å²) in [4.78, 5) is 11.4. The normalized spacial score (nSPS) is 12.4. The standard InChI is InChI=1S/C13H28N2O2/c1-3-4-5-6-10-13(16)15-11-8-7-9-12(14)17-2/h12H,3-11,14H2,1-2H3,(H,15,16)/t12-/m0/s1. The number of unbranched alkanes of at least 4 members (excludes halogenated alkanes) is 4. The molecular weight excluding hydrogens is 216 g/mol. The molecule has 0 aromatic heterocycles. The van der Waals surface area contributed by atoms with E-state index in [1.807, 2.05) is 0 Å². The van der Waals surface area contributed by atoms with Crippen LogP contribution in [0.1, 0.15) is 58.3 Å². The maximum atomic E-state index is 11.4. The number of carbonyl (C=O) groups is 1. The first-order chi connectivity index (χ1) is 8.20. The SMILES string of the molecule is CCCCCCC(=O)NCCCC[C@@H](N)OC. The molecule has 0 saturated heterocycles. The number of rotatable bonds is 11. The fourth-order valence-corrected chi connectivity index (χ4v) is 1.62. The van der Waals surface area contributed by atoms with Crippen molar-refractivity contribution in [3.63, 3.8) is 0 Å². The number of nitrogens with two attached hydrogens (primary N) is 1. The summed E-state index contributed by atoms with van der Waals surface area (Å²) in [6.07, 6.45) is 7.91. The summed E-state index contributed by atoms with van der Waals surface area (Å²) in [5, 5.41) is 2.93. The van der Waals surface area contributed by atoms with Crippen molar-refractivity contribution in [2.24, 2.45) is 5.73 Å². The molecule has 0 unspecified atom stereocenters. The van der Waals surface area contributed by atoms with E-state index in [-0.39, 0.29) is 12.1 Å². The third-order valence-electron chi connectivity index (χ3n) is 2.80. The molecule has 0 saturated carbocycles. The van der Waals surface area contributed by atoms with Crippen molar-refractivity contribution >= 4 is 5.91 Å². The quantitative estimate of drug-likeness (QED) is 0.432. The molecule has 0 aliphatic carbocycles. The summed E-state index contributed by atoms with van der Waals surface area (Å²) in [5.41, 5.74) is 5.60. The molecule has 0 aliphatic heterocycles. The minimum Gasteiger partial charge on any atom is -0.367 e. The van der Waals surface area contributed by atoms with E-state index in [1.165, 1.54) is 12.8 Å². The number of hydrogen-bond donors (Lipinski definition) is 2. The van der Waals surface area contributed by atoms with Crippen LogP contribution >= 0.6 is 0 Å². The van der Waals surface area contributed by atoms with E-state index in [2.05, 4.69) is 12.2 Å². The van der Waals surface area contributed by atoms with Crippen LogP contribution in [0.15, 0.2) is 0 Å². The Morgan fingerprint density at radius 1 is 1.24 bits per heavy atom. The maximum Gasteiger partial charge on any atom is 0.219 e. The first kappa shape index (κ1) is 16.4. The summed E-state index contributed by atoms with van der Waals surface area (Å²) in [7, 11) is 1.61. The number of hydrogen-bond acceptors (Lipinski definition) is 3. The van der Waals surface area contributed by atoms with Crippen molar-refractivity contribution in [2.45, 2.75) is 64.5 Å². The monoisotopic (exact) mass is 244 g/mol. The average molecular weight is 244 g/mol. The molecule has 4 heteroatoms. The Morgan fingerprint density at radius 2 is 2.00 bits per heavy atom. The summed E-state index contributed by atoms with van der Waals surface area (Å²) in [6, 6.07) is 0. The fourth-order valence-electron chi connectivity index (χ4n) is 1.62. The van der Waals surface area contributed by atoms with Gasteiger partial charge in [0.1, 0.15) is 6.23 Å². The van der Waals surface area contributed by atoms with E-state index < -0.39 is 0 Å². The van der Waals surface area contributed by atoms with Crippen LogP contribution in [0, 0.1) is 0 Å². The summed E-state index contributed by atoms with van der Waals surface area (Å²) >= 11 is 0. The molecule has 4 nitrogen and oxygen atoms in total. The van der Waals surface area contributed by atoms with E-state index in [1.54, 1.807) is 7.11 Å². The topological polar surface area (TPSA) is 64.4 Å². The molecule has 0 aromatic rings. The zero-order chi connectivity index (χ0) is 12.9. The molecule has 0 spiro atoms. The second-order valence-corrected chi connectivity index (χ2v) is 4.43. The van der Waals surface area contributed by atoms with Crippen molar-refractivity contribution in [1.29, 1.82) is 0 Å². The number of amides is 1. The lowest BCUT2D eigenvalue weighted by molar-refractivity contribution is -0.121. The van der Waals surface area contributed by atoms with Crippen LogP contribution in [0.5, 0.6) is 0 Å². The summed E-state index contributed by atoms with van der Waals surface area (Å²) in [5.74, 6) is 0.178. The molecule has 0 bridgehead atoms. The molecule has 0 radical (unpaired) electrons. The van der Waals surface area contributed by atoms with Gasteiger partial charge in [-0.3, -0.25) is 4.79 Å². The average Bonchev–Trinajstić information content (AvgIpc) is 2.34. The highest BCUT2D eigenvalue weighted by Gasteiger charge is 2.01. The van der Waals surface area contributed by atoms with Gasteiger partial charge in [-0.25, -0.2) is 0 Å².